The first-order valence-corrected chi connectivity index (χ1v) is 11.2. The van der Waals surface area contributed by atoms with E-state index < -0.39 is 41.1 Å². The van der Waals surface area contributed by atoms with Crippen molar-refractivity contribution in [2.45, 2.75) is 64.3 Å². The number of urea groups is 1. The summed E-state index contributed by atoms with van der Waals surface area (Å²) in [4.78, 5) is 50.7. The van der Waals surface area contributed by atoms with Crippen molar-refractivity contribution in [2.24, 2.45) is 17.8 Å². The highest BCUT2D eigenvalue weighted by atomic mass is 16.5. The monoisotopic (exact) mass is 444 g/mol. The molecule has 32 heavy (non-hydrogen) atoms. The van der Waals surface area contributed by atoms with E-state index in [0.29, 0.717) is 32.1 Å². The van der Waals surface area contributed by atoms with E-state index in [4.69, 9.17) is 0 Å². The molecular formula is C23H32N4O5. The largest absolute Gasteiger partial charge is 0.344 e. The molecule has 0 aromatic heterocycles. The van der Waals surface area contributed by atoms with Crippen molar-refractivity contribution in [1.82, 2.24) is 21.2 Å². The van der Waals surface area contributed by atoms with Crippen LogP contribution in [-0.4, -0.2) is 39.5 Å². The highest BCUT2D eigenvalue weighted by Crippen LogP contribution is 2.37. The Labute approximate surface area is 187 Å². The molecule has 0 radical (unpaired) electrons. The van der Waals surface area contributed by atoms with E-state index in [9.17, 15) is 24.4 Å². The number of rotatable bonds is 10. The van der Waals surface area contributed by atoms with Crippen molar-refractivity contribution < 1.29 is 24.4 Å². The zero-order valence-electron chi connectivity index (χ0n) is 18.6. The van der Waals surface area contributed by atoms with E-state index in [-0.39, 0.29) is 5.92 Å². The van der Waals surface area contributed by atoms with Crippen LogP contribution in [0.3, 0.4) is 0 Å². The fourth-order valence-electron chi connectivity index (χ4n) is 4.51. The van der Waals surface area contributed by atoms with Crippen LogP contribution in [0.1, 0.15) is 57.9 Å². The Balaban J connectivity index is 1.71. The average Bonchev–Trinajstić information content (AvgIpc) is 3.00. The molecule has 2 aliphatic rings. The number of hydrogen-bond acceptors (Lipinski definition) is 5. The van der Waals surface area contributed by atoms with Gasteiger partial charge < -0.3 is 5.32 Å². The van der Waals surface area contributed by atoms with Gasteiger partial charge in [0.2, 0.25) is 11.8 Å². The first kappa shape index (κ1) is 23.7. The Morgan fingerprint density at radius 2 is 1.81 bits per heavy atom. The number of nitrogens with one attached hydrogen (secondary N) is 3. The molecule has 1 spiro atoms. The molecule has 1 aromatic carbocycles. The maximum atomic E-state index is 13.2. The summed E-state index contributed by atoms with van der Waals surface area (Å²) in [5.41, 5.74) is 4.34. The Morgan fingerprint density at radius 3 is 2.34 bits per heavy atom. The lowest BCUT2D eigenvalue weighted by atomic mass is 9.77. The standard InChI is InChI=1S/C23H32N4O5/c1-15(2)14-18(17(20(29)26-32)11-6-10-16-8-4-3-5-9-16)19(28)25-27-21(30)23(12-7-13-23)24-22(27)31/h3-5,8-9,15,17-18,32H,6-7,10-14H2,1-2H3,(H,24,31)(H,25,28)(H,26,29)/t17-,18+/m0/s1. The minimum Gasteiger partial charge on any atom is -0.322 e. The van der Waals surface area contributed by atoms with Crippen LogP contribution in [0.15, 0.2) is 30.3 Å². The molecule has 1 aliphatic carbocycles. The van der Waals surface area contributed by atoms with Gasteiger partial charge in [-0.3, -0.25) is 25.0 Å². The molecular weight excluding hydrogens is 412 g/mol. The lowest BCUT2D eigenvalue weighted by molar-refractivity contribution is -0.146. The summed E-state index contributed by atoms with van der Waals surface area (Å²) in [6.45, 7) is 3.85. The molecule has 1 aliphatic heterocycles. The van der Waals surface area contributed by atoms with Crippen molar-refractivity contribution in [3.05, 3.63) is 35.9 Å². The zero-order chi connectivity index (χ0) is 23.3. The van der Waals surface area contributed by atoms with Gasteiger partial charge in [-0.25, -0.2) is 10.3 Å². The molecule has 3 rings (SSSR count). The molecule has 1 aromatic rings. The number of hydrazine groups is 1. The summed E-state index contributed by atoms with van der Waals surface area (Å²) in [5, 5.41) is 12.7. The predicted octanol–water partition coefficient (Wildman–Crippen LogP) is 2.30. The van der Waals surface area contributed by atoms with Gasteiger partial charge >= 0.3 is 6.03 Å². The van der Waals surface area contributed by atoms with Gasteiger partial charge in [0.25, 0.3) is 5.91 Å². The van der Waals surface area contributed by atoms with Crippen LogP contribution >= 0.6 is 0 Å². The molecule has 1 heterocycles. The quantitative estimate of drug-likeness (QED) is 0.250. The first-order valence-electron chi connectivity index (χ1n) is 11.2. The summed E-state index contributed by atoms with van der Waals surface area (Å²) in [6, 6.07) is 9.14. The minimum absolute atomic E-state index is 0.0787. The molecule has 0 unspecified atom stereocenters. The number of hydrogen-bond donors (Lipinski definition) is 4. The number of nitrogens with zero attached hydrogens (tertiary/aromatic N) is 1. The number of benzene rings is 1. The molecule has 9 heteroatoms. The third-order valence-corrected chi connectivity index (χ3v) is 6.41. The Bertz CT molecular complexity index is 853. The van der Waals surface area contributed by atoms with Crippen molar-refractivity contribution in [2.75, 3.05) is 0 Å². The van der Waals surface area contributed by atoms with Crippen LogP contribution in [0.2, 0.25) is 0 Å². The number of imide groups is 1. The van der Waals surface area contributed by atoms with Crippen LogP contribution in [0.4, 0.5) is 4.79 Å². The van der Waals surface area contributed by atoms with E-state index in [1.165, 1.54) is 0 Å². The fraction of sp³-hybridized carbons (Fsp3) is 0.565. The van der Waals surface area contributed by atoms with E-state index in [1.54, 1.807) is 5.48 Å². The Hall–Kier alpha value is -2.94. The summed E-state index contributed by atoms with van der Waals surface area (Å²) in [5.74, 6) is -3.22. The van der Waals surface area contributed by atoms with Crippen LogP contribution in [0.25, 0.3) is 0 Å². The highest BCUT2D eigenvalue weighted by molar-refractivity contribution is 6.08. The van der Waals surface area contributed by atoms with Crippen molar-refractivity contribution >= 4 is 23.8 Å². The normalized spacial score (nSPS) is 18.8. The first-order chi connectivity index (χ1) is 15.3. The summed E-state index contributed by atoms with van der Waals surface area (Å²) >= 11 is 0. The molecule has 5 amide bonds. The second kappa shape index (κ2) is 10.1. The summed E-state index contributed by atoms with van der Waals surface area (Å²) < 4.78 is 0. The van der Waals surface area contributed by atoms with E-state index in [0.717, 1.165) is 23.4 Å². The zero-order valence-corrected chi connectivity index (χ0v) is 18.6. The van der Waals surface area contributed by atoms with Crippen LogP contribution in [0, 0.1) is 17.8 Å². The van der Waals surface area contributed by atoms with Gasteiger partial charge in [-0.2, -0.15) is 5.01 Å². The molecule has 4 N–H and O–H groups in total. The highest BCUT2D eigenvalue weighted by Gasteiger charge is 2.55. The van der Waals surface area contributed by atoms with Crippen molar-refractivity contribution in [1.29, 1.82) is 0 Å². The van der Waals surface area contributed by atoms with Gasteiger partial charge in [0, 0.05) is 0 Å². The number of carbonyl (C=O) groups excluding carboxylic acids is 4. The number of carbonyl (C=O) groups is 4. The van der Waals surface area contributed by atoms with Gasteiger partial charge in [0.05, 0.1) is 11.8 Å². The van der Waals surface area contributed by atoms with Crippen LogP contribution in [-0.2, 0) is 20.8 Å². The van der Waals surface area contributed by atoms with E-state index in [2.05, 4.69) is 10.7 Å². The molecule has 2 atom stereocenters. The third kappa shape index (κ3) is 5.09. The lowest BCUT2D eigenvalue weighted by Gasteiger charge is -2.34. The van der Waals surface area contributed by atoms with Crippen LogP contribution in [0.5, 0.6) is 0 Å². The lowest BCUT2D eigenvalue weighted by Crippen LogP contribution is -2.55. The summed E-state index contributed by atoms with van der Waals surface area (Å²) in [6.07, 6.45) is 4.03. The number of amides is 5. The van der Waals surface area contributed by atoms with Gasteiger partial charge in [-0.1, -0.05) is 44.2 Å². The van der Waals surface area contributed by atoms with Gasteiger partial charge in [0.1, 0.15) is 5.54 Å². The number of hydroxylamine groups is 1. The minimum atomic E-state index is -0.907. The SMILES string of the molecule is CC(C)C[C@@H](C(=O)NN1C(=O)NC2(CCC2)C1=O)[C@H](CCCc1ccccc1)C(=O)NO. The fourth-order valence-corrected chi connectivity index (χ4v) is 4.51. The Kier molecular flexibility index (Phi) is 7.50. The molecule has 2 fully saturated rings. The van der Waals surface area contributed by atoms with E-state index in [1.807, 2.05) is 44.2 Å². The Morgan fingerprint density at radius 1 is 1.12 bits per heavy atom. The van der Waals surface area contributed by atoms with E-state index >= 15 is 0 Å². The second-order valence-corrected chi connectivity index (χ2v) is 9.18. The van der Waals surface area contributed by atoms with Gasteiger partial charge in [-0.15, -0.1) is 0 Å². The van der Waals surface area contributed by atoms with Gasteiger partial charge in [0.15, 0.2) is 0 Å². The maximum Gasteiger partial charge on any atom is 0.344 e. The van der Waals surface area contributed by atoms with Crippen molar-refractivity contribution in [3.63, 3.8) is 0 Å². The third-order valence-electron chi connectivity index (χ3n) is 6.41. The predicted molar refractivity (Wildman–Crippen MR) is 116 cm³/mol. The molecule has 0 bridgehead atoms. The average molecular weight is 445 g/mol. The van der Waals surface area contributed by atoms with Crippen molar-refractivity contribution in [3.8, 4) is 0 Å². The molecule has 1 saturated heterocycles. The smallest absolute Gasteiger partial charge is 0.322 e. The maximum absolute atomic E-state index is 13.2. The summed E-state index contributed by atoms with van der Waals surface area (Å²) in [7, 11) is 0. The molecule has 9 nitrogen and oxygen atoms in total. The second-order valence-electron chi connectivity index (χ2n) is 9.18. The van der Waals surface area contributed by atoms with Crippen LogP contribution < -0.4 is 16.2 Å². The molecule has 1 saturated carbocycles. The topological polar surface area (TPSA) is 128 Å². The number of aryl methyl sites for hydroxylation is 1. The van der Waals surface area contributed by atoms with Gasteiger partial charge in [-0.05, 0) is 56.4 Å². The molecule has 174 valence electrons.